The van der Waals surface area contributed by atoms with Crippen LogP contribution >= 0.6 is 0 Å². The zero-order chi connectivity index (χ0) is 13.0. The maximum absolute atomic E-state index is 8.69. The van der Waals surface area contributed by atoms with Crippen LogP contribution in [-0.4, -0.2) is 29.0 Å². The molecule has 1 aromatic rings. The quantitative estimate of drug-likeness (QED) is 0.350. The molecule has 1 fully saturated rings. The summed E-state index contributed by atoms with van der Waals surface area (Å²) in [7, 11) is 0. The molecule has 1 saturated carbocycles. The fourth-order valence-electron chi connectivity index (χ4n) is 2.12. The molecule has 0 spiro atoms. The Morgan fingerprint density at radius 3 is 2.89 bits per heavy atom. The van der Waals surface area contributed by atoms with Crippen LogP contribution in [-0.2, 0) is 6.54 Å². The van der Waals surface area contributed by atoms with E-state index in [0.717, 1.165) is 24.6 Å². The van der Waals surface area contributed by atoms with Gasteiger partial charge in [0.25, 0.3) is 0 Å². The largest absolute Gasteiger partial charge is 0.409 e. The van der Waals surface area contributed by atoms with Gasteiger partial charge in [-0.05, 0) is 36.9 Å². The summed E-state index contributed by atoms with van der Waals surface area (Å²) in [6, 6.07) is 7.89. The Kier molecular flexibility index (Phi) is 4.20. The topological polar surface area (TPSA) is 61.8 Å². The van der Waals surface area contributed by atoms with E-state index in [1.807, 2.05) is 18.2 Å². The van der Waals surface area contributed by atoms with E-state index in [-0.39, 0.29) is 5.84 Å². The average Bonchev–Trinajstić information content (AvgIpc) is 3.21. The molecular weight excluding hydrogens is 226 g/mol. The van der Waals surface area contributed by atoms with Gasteiger partial charge in [-0.2, -0.15) is 0 Å². The summed E-state index contributed by atoms with van der Waals surface area (Å²) in [6.07, 6.45) is 2.75. The monoisotopic (exact) mass is 247 g/mol. The van der Waals surface area contributed by atoms with Crippen LogP contribution in [0.4, 0.5) is 0 Å². The molecule has 18 heavy (non-hydrogen) atoms. The highest BCUT2D eigenvalue weighted by molar-refractivity contribution is 5.97. The highest BCUT2D eigenvalue weighted by Crippen LogP contribution is 2.30. The van der Waals surface area contributed by atoms with Crippen molar-refractivity contribution in [2.45, 2.75) is 26.3 Å². The van der Waals surface area contributed by atoms with Gasteiger partial charge in [0, 0.05) is 18.7 Å². The first-order chi connectivity index (χ1) is 8.72. The fourth-order valence-corrected chi connectivity index (χ4v) is 2.12. The molecule has 0 amide bonds. The first kappa shape index (κ1) is 12.9. The van der Waals surface area contributed by atoms with E-state index in [4.69, 9.17) is 10.9 Å². The first-order valence-corrected chi connectivity index (χ1v) is 6.52. The number of hydrogen-bond acceptors (Lipinski definition) is 3. The lowest BCUT2D eigenvalue weighted by Crippen LogP contribution is -2.25. The Bertz CT molecular complexity index is 427. The lowest BCUT2D eigenvalue weighted by atomic mass is 10.1. The molecular formula is C14H21N3O. The summed E-state index contributed by atoms with van der Waals surface area (Å²) in [5, 5.41) is 11.7. The van der Waals surface area contributed by atoms with E-state index in [1.165, 1.54) is 24.9 Å². The Balaban J connectivity index is 2.02. The van der Waals surface area contributed by atoms with Crippen LogP contribution in [0.2, 0.25) is 0 Å². The third-order valence-electron chi connectivity index (χ3n) is 3.40. The van der Waals surface area contributed by atoms with Gasteiger partial charge in [0.15, 0.2) is 5.84 Å². The molecule has 4 nitrogen and oxygen atoms in total. The highest BCUT2D eigenvalue weighted by Gasteiger charge is 2.23. The standard InChI is InChI=1S/C14H21N3O/c1-2-17(9-11-6-7-11)10-12-4-3-5-13(8-12)14(15)16-18/h3-5,8,11,18H,2,6-7,9-10H2,1H3,(H2,15,16). The second kappa shape index (κ2) is 5.87. The van der Waals surface area contributed by atoms with Crippen molar-refractivity contribution in [3.05, 3.63) is 35.4 Å². The Morgan fingerprint density at radius 1 is 1.50 bits per heavy atom. The molecule has 98 valence electrons. The molecule has 0 aliphatic heterocycles. The number of hydrogen-bond donors (Lipinski definition) is 2. The maximum atomic E-state index is 8.69. The summed E-state index contributed by atoms with van der Waals surface area (Å²) in [5.74, 6) is 1.07. The third kappa shape index (κ3) is 3.47. The van der Waals surface area contributed by atoms with Gasteiger partial charge in [0.1, 0.15) is 0 Å². The van der Waals surface area contributed by atoms with Crippen molar-refractivity contribution < 1.29 is 5.21 Å². The Labute approximate surface area is 108 Å². The molecule has 4 heteroatoms. The lowest BCUT2D eigenvalue weighted by Gasteiger charge is -2.20. The van der Waals surface area contributed by atoms with Crippen molar-refractivity contribution in [2.75, 3.05) is 13.1 Å². The van der Waals surface area contributed by atoms with Crippen molar-refractivity contribution in [3.8, 4) is 0 Å². The Hall–Kier alpha value is -1.55. The number of amidine groups is 1. The second-order valence-electron chi connectivity index (χ2n) is 4.96. The molecule has 0 saturated heterocycles. The molecule has 0 bridgehead atoms. The van der Waals surface area contributed by atoms with Crippen molar-refractivity contribution in [1.29, 1.82) is 0 Å². The summed E-state index contributed by atoms with van der Waals surface area (Å²) >= 11 is 0. The van der Waals surface area contributed by atoms with Crippen molar-refractivity contribution in [2.24, 2.45) is 16.8 Å². The van der Waals surface area contributed by atoms with Gasteiger partial charge >= 0.3 is 0 Å². The summed E-state index contributed by atoms with van der Waals surface area (Å²) in [6.45, 7) is 5.37. The number of benzene rings is 1. The van der Waals surface area contributed by atoms with Crippen LogP contribution in [0.1, 0.15) is 30.9 Å². The predicted molar refractivity (Wildman–Crippen MR) is 72.6 cm³/mol. The fraction of sp³-hybridized carbons (Fsp3) is 0.500. The van der Waals surface area contributed by atoms with E-state index in [9.17, 15) is 0 Å². The minimum Gasteiger partial charge on any atom is -0.409 e. The molecule has 0 atom stereocenters. The minimum absolute atomic E-state index is 0.169. The van der Waals surface area contributed by atoms with Gasteiger partial charge in [-0.1, -0.05) is 30.3 Å². The number of nitrogens with zero attached hydrogens (tertiary/aromatic N) is 2. The van der Waals surface area contributed by atoms with Crippen LogP contribution in [0, 0.1) is 5.92 Å². The van der Waals surface area contributed by atoms with Gasteiger partial charge < -0.3 is 10.9 Å². The lowest BCUT2D eigenvalue weighted by molar-refractivity contribution is 0.268. The van der Waals surface area contributed by atoms with Crippen LogP contribution in [0.3, 0.4) is 0 Å². The molecule has 0 aromatic heterocycles. The zero-order valence-electron chi connectivity index (χ0n) is 10.8. The molecule has 1 aliphatic carbocycles. The molecule has 0 unspecified atom stereocenters. The molecule has 0 heterocycles. The summed E-state index contributed by atoms with van der Waals surface area (Å²) in [4.78, 5) is 2.45. The molecule has 3 N–H and O–H groups in total. The summed E-state index contributed by atoms with van der Waals surface area (Å²) < 4.78 is 0. The van der Waals surface area contributed by atoms with Crippen LogP contribution < -0.4 is 5.73 Å². The van der Waals surface area contributed by atoms with E-state index < -0.39 is 0 Å². The van der Waals surface area contributed by atoms with E-state index in [2.05, 4.69) is 23.0 Å². The normalized spacial score (nSPS) is 16.2. The van der Waals surface area contributed by atoms with Gasteiger partial charge in [-0.15, -0.1) is 0 Å². The van der Waals surface area contributed by atoms with Gasteiger partial charge in [-0.3, -0.25) is 4.90 Å². The van der Waals surface area contributed by atoms with Crippen molar-refractivity contribution in [3.63, 3.8) is 0 Å². The predicted octanol–water partition coefficient (Wildman–Crippen LogP) is 2.01. The number of nitrogens with two attached hydrogens (primary N) is 1. The molecule has 1 aliphatic rings. The third-order valence-corrected chi connectivity index (χ3v) is 3.40. The van der Waals surface area contributed by atoms with Crippen LogP contribution in [0.25, 0.3) is 0 Å². The van der Waals surface area contributed by atoms with E-state index >= 15 is 0 Å². The molecule has 2 rings (SSSR count). The van der Waals surface area contributed by atoms with E-state index in [0.29, 0.717) is 0 Å². The maximum Gasteiger partial charge on any atom is 0.170 e. The van der Waals surface area contributed by atoms with Crippen LogP contribution in [0.5, 0.6) is 0 Å². The Morgan fingerprint density at radius 2 is 2.28 bits per heavy atom. The smallest absolute Gasteiger partial charge is 0.170 e. The molecule has 0 radical (unpaired) electrons. The summed E-state index contributed by atoms with van der Waals surface area (Å²) in [5.41, 5.74) is 7.59. The molecule has 1 aromatic carbocycles. The van der Waals surface area contributed by atoms with Crippen molar-refractivity contribution >= 4 is 5.84 Å². The second-order valence-corrected chi connectivity index (χ2v) is 4.96. The minimum atomic E-state index is 0.169. The number of oxime groups is 1. The van der Waals surface area contributed by atoms with E-state index in [1.54, 1.807) is 0 Å². The van der Waals surface area contributed by atoms with Crippen LogP contribution in [0.15, 0.2) is 29.4 Å². The SMILES string of the molecule is CCN(Cc1cccc(C(N)=NO)c1)CC1CC1. The average molecular weight is 247 g/mol. The number of rotatable bonds is 6. The highest BCUT2D eigenvalue weighted by atomic mass is 16.4. The van der Waals surface area contributed by atoms with Crippen molar-refractivity contribution in [1.82, 2.24) is 4.90 Å². The van der Waals surface area contributed by atoms with Gasteiger partial charge in [-0.25, -0.2) is 0 Å². The first-order valence-electron chi connectivity index (χ1n) is 6.52. The van der Waals surface area contributed by atoms with Gasteiger partial charge in [0.2, 0.25) is 0 Å². The van der Waals surface area contributed by atoms with Gasteiger partial charge in [0.05, 0.1) is 0 Å². The zero-order valence-corrected chi connectivity index (χ0v) is 10.8.